The molecular weight excluding hydrogens is 409 g/mol. The first-order chi connectivity index (χ1) is 10.4. The van der Waals surface area contributed by atoms with E-state index in [1.54, 1.807) is 11.9 Å². The van der Waals surface area contributed by atoms with Crippen LogP contribution in [0.3, 0.4) is 0 Å². The molecule has 1 heterocycles. The molecule has 0 unspecified atom stereocenters. The molecule has 23 heavy (non-hydrogen) atoms. The maximum atomic E-state index is 12.0. The Kier molecular flexibility index (Phi) is 10.5. The van der Waals surface area contributed by atoms with Crippen LogP contribution in [0.2, 0.25) is 0 Å². The van der Waals surface area contributed by atoms with Crippen LogP contribution >= 0.6 is 24.0 Å². The summed E-state index contributed by atoms with van der Waals surface area (Å²) >= 11 is 0. The molecule has 1 amide bonds. The van der Waals surface area contributed by atoms with Crippen molar-refractivity contribution >= 4 is 36.0 Å². The predicted molar refractivity (Wildman–Crippen MR) is 105 cm³/mol. The second kappa shape index (κ2) is 10.9. The quantitative estimate of drug-likeness (QED) is 0.298. The summed E-state index contributed by atoms with van der Waals surface area (Å²) in [5.74, 6) is 0.815. The van der Waals surface area contributed by atoms with Gasteiger partial charge in [0.15, 0.2) is 5.96 Å². The number of piperazine rings is 1. The van der Waals surface area contributed by atoms with Crippen LogP contribution in [0, 0.1) is 0 Å². The molecule has 1 aliphatic heterocycles. The number of guanidine groups is 1. The standard InChI is InChI=1S/C15H31N5O2.HI/c1-15(2,3)22-14(21)20-11-9-19(10-12-20)8-6-7-18-13(16-4)17-5;/h6-12H2,1-5H3,(H2,16,17,18);1H. The molecule has 0 aliphatic carbocycles. The van der Waals surface area contributed by atoms with Crippen molar-refractivity contribution in [2.75, 3.05) is 53.4 Å². The van der Waals surface area contributed by atoms with Gasteiger partial charge in [-0.3, -0.25) is 9.89 Å². The first-order valence-electron chi connectivity index (χ1n) is 7.94. The maximum absolute atomic E-state index is 12.0. The van der Waals surface area contributed by atoms with Gasteiger partial charge in [0.1, 0.15) is 5.60 Å². The van der Waals surface area contributed by atoms with Crippen LogP contribution in [0.25, 0.3) is 0 Å². The molecule has 0 aromatic carbocycles. The highest BCUT2D eigenvalue weighted by molar-refractivity contribution is 14.0. The number of carbonyl (C=O) groups is 1. The van der Waals surface area contributed by atoms with Crippen LogP contribution in [-0.2, 0) is 4.74 Å². The van der Waals surface area contributed by atoms with Crippen molar-refractivity contribution < 1.29 is 9.53 Å². The predicted octanol–water partition coefficient (Wildman–Crippen LogP) is 1.34. The molecule has 0 radical (unpaired) electrons. The zero-order chi connectivity index (χ0) is 16.6. The van der Waals surface area contributed by atoms with Gasteiger partial charge < -0.3 is 20.3 Å². The van der Waals surface area contributed by atoms with Crippen LogP contribution in [0.4, 0.5) is 4.79 Å². The minimum absolute atomic E-state index is 0. The lowest BCUT2D eigenvalue weighted by atomic mass is 10.2. The zero-order valence-electron chi connectivity index (χ0n) is 15.0. The van der Waals surface area contributed by atoms with E-state index in [-0.39, 0.29) is 30.1 Å². The van der Waals surface area contributed by atoms with Crippen molar-refractivity contribution in [3.63, 3.8) is 0 Å². The average Bonchev–Trinajstić information content (AvgIpc) is 2.46. The van der Waals surface area contributed by atoms with Crippen LogP contribution in [0.1, 0.15) is 27.2 Å². The summed E-state index contributed by atoms with van der Waals surface area (Å²) in [5, 5.41) is 6.23. The third kappa shape index (κ3) is 9.19. The van der Waals surface area contributed by atoms with E-state index in [2.05, 4.69) is 20.5 Å². The van der Waals surface area contributed by atoms with Gasteiger partial charge in [-0.15, -0.1) is 24.0 Å². The summed E-state index contributed by atoms with van der Waals surface area (Å²) in [6.07, 6.45) is 0.847. The van der Waals surface area contributed by atoms with E-state index in [1.807, 2.05) is 27.8 Å². The fraction of sp³-hybridized carbons (Fsp3) is 0.867. The molecule has 7 nitrogen and oxygen atoms in total. The van der Waals surface area contributed by atoms with Crippen molar-refractivity contribution in [3.8, 4) is 0 Å². The maximum Gasteiger partial charge on any atom is 0.410 e. The number of hydrogen-bond donors (Lipinski definition) is 2. The lowest BCUT2D eigenvalue weighted by Crippen LogP contribution is -2.50. The van der Waals surface area contributed by atoms with Gasteiger partial charge in [-0.2, -0.15) is 0 Å². The summed E-state index contributed by atoms with van der Waals surface area (Å²) in [7, 11) is 3.61. The Hall–Kier alpha value is -0.770. The number of carbonyl (C=O) groups excluding carboxylic acids is 1. The lowest BCUT2D eigenvalue weighted by Gasteiger charge is -2.35. The molecule has 136 valence electrons. The van der Waals surface area contributed by atoms with Gasteiger partial charge >= 0.3 is 6.09 Å². The molecule has 1 saturated heterocycles. The monoisotopic (exact) mass is 441 g/mol. The molecule has 2 N–H and O–H groups in total. The Morgan fingerprint density at radius 2 is 1.83 bits per heavy atom. The van der Waals surface area contributed by atoms with Crippen LogP contribution < -0.4 is 10.6 Å². The van der Waals surface area contributed by atoms with E-state index < -0.39 is 5.60 Å². The molecule has 1 fully saturated rings. The van der Waals surface area contributed by atoms with E-state index >= 15 is 0 Å². The molecule has 0 bridgehead atoms. The van der Waals surface area contributed by atoms with Crippen molar-refractivity contribution in [2.45, 2.75) is 32.8 Å². The Bertz CT molecular complexity index is 377. The van der Waals surface area contributed by atoms with Gasteiger partial charge in [0, 0.05) is 46.8 Å². The summed E-state index contributed by atoms with van der Waals surface area (Å²) in [6, 6.07) is 0. The molecule has 8 heteroatoms. The molecular formula is C15H32IN5O2. The largest absolute Gasteiger partial charge is 0.444 e. The smallest absolute Gasteiger partial charge is 0.410 e. The SMILES string of the molecule is CN=C(NC)NCCCN1CCN(C(=O)OC(C)(C)C)CC1.I. The van der Waals surface area contributed by atoms with Crippen molar-refractivity contribution in [1.29, 1.82) is 0 Å². The number of halogens is 1. The lowest BCUT2D eigenvalue weighted by molar-refractivity contribution is 0.0145. The number of amides is 1. The highest BCUT2D eigenvalue weighted by Gasteiger charge is 2.25. The van der Waals surface area contributed by atoms with Crippen LogP contribution in [-0.4, -0.2) is 80.8 Å². The summed E-state index contributed by atoms with van der Waals surface area (Å²) in [5.41, 5.74) is -0.425. The summed E-state index contributed by atoms with van der Waals surface area (Å²) in [4.78, 5) is 20.2. The van der Waals surface area contributed by atoms with Gasteiger partial charge in [0.25, 0.3) is 0 Å². The van der Waals surface area contributed by atoms with Crippen molar-refractivity contribution in [3.05, 3.63) is 0 Å². The first-order valence-corrected chi connectivity index (χ1v) is 7.94. The molecule has 1 aliphatic rings. The number of ether oxygens (including phenoxy) is 1. The van der Waals surface area contributed by atoms with E-state index in [0.29, 0.717) is 0 Å². The highest BCUT2D eigenvalue weighted by Crippen LogP contribution is 2.11. The van der Waals surface area contributed by atoms with E-state index in [4.69, 9.17) is 4.74 Å². The van der Waals surface area contributed by atoms with E-state index in [9.17, 15) is 4.79 Å². The molecule has 0 atom stereocenters. The van der Waals surface area contributed by atoms with Gasteiger partial charge in [0.05, 0.1) is 0 Å². The van der Waals surface area contributed by atoms with Crippen molar-refractivity contribution in [1.82, 2.24) is 20.4 Å². The highest BCUT2D eigenvalue weighted by atomic mass is 127. The van der Waals surface area contributed by atoms with Gasteiger partial charge in [-0.05, 0) is 33.7 Å². The molecule has 0 aromatic heterocycles. The Labute approximate surface area is 157 Å². The normalized spacial score (nSPS) is 16.6. The minimum Gasteiger partial charge on any atom is -0.444 e. The second-order valence-corrected chi connectivity index (χ2v) is 6.41. The minimum atomic E-state index is -0.425. The Morgan fingerprint density at radius 1 is 1.22 bits per heavy atom. The third-order valence-electron chi connectivity index (χ3n) is 3.43. The van der Waals surface area contributed by atoms with Gasteiger partial charge in [0.2, 0.25) is 0 Å². The second-order valence-electron chi connectivity index (χ2n) is 6.41. The van der Waals surface area contributed by atoms with Crippen molar-refractivity contribution in [2.24, 2.45) is 4.99 Å². The number of nitrogens with zero attached hydrogens (tertiary/aromatic N) is 3. The van der Waals surface area contributed by atoms with E-state index in [0.717, 1.165) is 51.6 Å². The average molecular weight is 441 g/mol. The van der Waals surface area contributed by atoms with Crippen LogP contribution in [0.5, 0.6) is 0 Å². The Morgan fingerprint density at radius 3 is 2.30 bits per heavy atom. The van der Waals surface area contributed by atoms with E-state index in [1.165, 1.54) is 0 Å². The summed E-state index contributed by atoms with van der Waals surface area (Å²) < 4.78 is 5.40. The first kappa shape index (κ1) is 22.2. The number of aliphatic imine (C=N–C) groups is 1. The molecule has 0 saturated carbocycles. The Balaban J connectivity index is 0.00000484. The number of nitrogens with one attached hydrogen (secondary N) is 2. The third-order valence-corrected chi connectivity index (χ3v) is 3.43. The molecule has 0 aromatic rings. The fourth-order valence-electron chi connectivity index (χ4n) is 2.27. The summed E-state index contributed by atoms with van der Waals surface area (Å²) in [6.45, 7) is 10.9. The van der Waals surface area contributed by atoms with Gasteiger partial charge in [-0.25, -0.2) is 4.79 Å². The number of rotatable bonds is 4. The molecule has 1 rings (SSSR count). The fourth-order valence-corrected chi connectivity index (χ4v) is 2.27. The van der Waals surface area contributed by atoms with Crippen LogP contribution in [0.15, 0.2) is 4.99 Å². The topological polar surface area (TPSA) is 69.2 Å². The number of hydrogen-bond acceptors (Lipinski definition) is 4. The van der Waals surface area contributed by atoms with Gasteiger partial charge in [-0.1, -0.05) is 0 Å². The molecule has 0 spiro atoms. The zero-order valence-corrected chi connectivity index (χ0v) is 17.3.